The summed E-state index contributed by atoms with van der Waals surface area (Å²) in [6.45, 7) is 2.26. The number of carbonyl (C=O) groups is 1. The smallest absolute Gasteiger partial charge is 0.355 e. The minimum absolute atomic E-state index is 0.527. The minimum atomic E-state index is -1.09. The molecule has 0 aromatic heterocycles. The highest BCUT2D eigenvalue weighted by Crippen LogP contribution is 2.35. The number of carboxylic acid groups (broad SMARTS) is 1. The monoisotopic (exact) mass is 349 g/mol. The van der Waals surface area contributed by atoms with Crippen LogP contribution in [-0.4, -0.2) is 16.8 Å². The van der Waals surface area contributed by atoms with Gasteiger partial charge in [-0.1, -0.05) is 56.9 Å². The quantitative estimate of drug-likeness (QED) is 0.267. The molecule has 0 amide bonds. The van der Waals surface area contributed by atoms with Gasteiger partial charge in [-0.15, -0.1) is 0 Å². The van der Waals surface area contributed by atoms with Gasteiger partial charge in [-0.3, -0.25) is 4.84 Å². The summed E-state index contributed by atoms with van der Waals surface area (Å²) in [6.07, 6.45) is 23.5. The van der Waals surface area contributed by atoms with E-state index in [2.05, 4.69) is 36.7 Å². The third-order valence-electron chi connectivity index (χ3n) is 5.52. The average Bonchev–Trinajstić information content (AvgIpc) is 3.27. The maximum absolute atomic E-state index is 11.0. The fourth-order valence-electron chi connectivity index (χ4n) is 3.79. The third-order valence-corrected chi connectivity index (χ3v) is 5.52. The van der Waals surface area contributed by atoms with E-state index in [9.17, 15) is 4.79 Å². The molecule has 4 nitrogen and oxygen atoms in total. The molecule has 2 rings (SSSR count). The molecule has 1 aliphatic carbocycles. The van der Waals surface area contributed by atoms with E-state index in [0.29, 0.717) is 6.42 Å². The number of rotatable bonds is 13. The molecule has 4 heteroatoms. The Morgan fingerprint density at radius 1 is 1.16 bits per heavy atom. The summed E-state index contributed by atoms with van der Waals surface area (Å²) in [5.74, 6) is 0.642. The van der Waals surface area contributed by atoms with Gasteiger partial charge in [-0.2, -0.15) is 5.48 Å². The van der Waals surface area contributed by atoms with E-state index in [0.717, 1.165) is 31.1 Å². The number of carboxylic acids is 1. The van der Waals surface area contributed by atoms with Crippen LogP contribution >= 0.6 is 0 Å². The number of hydrogen-bond donors (Lipinski definition) is 2. The molecule has 0 spiro atoms. The van der Waals surface area contributed by atoms with Crippen molar-refractivity contribution in [2.24, 2.45) is 11.8 Å². The highest BCUT2D eigenvalue weighted by atomic mass is 16.8. The van der Waals surface area contributed by atoms with E-state index in [1.165, 1.54) is 51.4 Å². The number of hydrogen-bond acceptors (Lipinski definition) is 3. The SMILES string of the molecule is CCCCCCC=C[C@H]1CCC[C@@H]1CC=CCCCC1(C(=O)O)NO1. The summed E-state index contributed by atoms with van der Waals surface area (Å²) in [4.78, 5) is 15.8. The second-order valence-electron chi connectivity index (χ2n) is 7.57. The Hall–Kier alpha value is -1.13. The number of nitrogens with one attached hydrogen (secondary N) is 1. The standard InChI is InChI=1S/C21H35NO3/c1-2-3-4-5-6-9-13-18-15-12-16-19(18)14-10-7-8-11-17-21(20(23)24)22-25-21/h7,9-10,13,18-19,22H,2-6,8,11-12,14-17H2,1H3,(H,23,24)/t18-,19-,21?/m0/s1. The van der Waals surface area contributed by atoms with Crippen LogP contribution in [-0.2, 0) is 9.63 Å². The molecule has 2 aliphatic rings. The molecule has 0 radical (unpaired) electrons. The van der Waals surface area contributed by atoms with Crippen molar-refractivity contribution in [3.8, 4) is 0 Å². The summed E-state index contributed by atoms with van der Waals surface area (Å²) >= 11 is 0. The molecule has 3 atom stereocenters. The van der Waals surface area contributed by atoms with E-state index in [1.54, 1.807) is 0 Å². The lowest BCUT2D eigenvalue weighted by Gasteiger charge is -2.14. The lowest BCUT2D eigenvalue weighted by molar-refractivity contribution is -0.143. The van der Waals surface area contributed by atoms with Crippen LogP contribution in [0.15, 0.2) is 24.3 Å². The Morgan fingerprint density at radius 3 is 2.68 bits per heavy atom. The molecule has 142 valence electrons. The summed E-state index contributed by atoms with van der Waals surface area (Å²) < 4.78 is 0. The van der Waals surface area contributed by atoms with Gasteiger partial charge in [0, 0.05) is 6.42 Å². The Balaban J connectivity index is 1.57. The molecule has 1 unspecified atom stereocenters. The summed E-state index contributed by atoms with van der Waals surface area (Å²) in [5.41, 5.74) is 1.40. The van der Waals surface area contributed by atoms with Crippen LogP contribution in [0, 0.1) is 11.8 Å². The molecule has 1 saturated carbocycles. The van der Waals surface area contributed by atoms with Gasteiger partial charge in [0.15, 0.2) is 0 Å². The number of unbranched alkanes of at least 4 members (excludes halogenated alkanes) is 5. The summed E-state index contributed by atoms with van der Waals surface area (Å²) in [7, 11) is 0. The van der Waals surface area contributed by atoms with Gasteiger partial charge in [0.05, 0.1) is 0 Å². The van der Waals surface area contributed by atoms with E-state index in [-0.39, 0.29) is 0 Å². The van der Waals surface area contributed by atoms with Crippen molar-refractivity contribution in [2.75, 3.05) is 0 Å². The van der Waals surface area contributed by atoms with Gasteiger partial charge in [0.2, 0.25) is 0 Å². The molecule has 0 aromatic rings. The molecule has 1 heterocycles. The van der Waals surface area contributed by atoms with E-state index < -0.39 is 11.7 Å². The van der Waals surface area contributed by atoms with Gasteiger partial charge in [0.25, 0.3) is 5.72 Å². The second-order valence-corrected chi connectivity index (χ2v) is 7.57. The number of aliphatic carboxylic acids is 1. The van der Waals surface area contributed by atoms with Gasteiger partial charge in [-0.25, -0.2) is 4.79 Å². The van der Waals surface area contributed by atoms with Crippen LogP contribution < -0.4 is 5.48 Å². The first-order valence-corrected chi connectivity index (χ1v) is 10.2. The number of hydroxylamine groups is 1. The van der Waals surface area contributed by atoms with Crippen molar-refractivity contribution < 1.29 is 14.7 Å². The maximum Gasteiger partial charge on any atom is 0.355 e. The molecule has 2 N–H and O–H groups in total. The Bertz CT molecular complexity index is 454. The predicted octanol–water partition coefficient (Wildman–Crippen LogP) is 5.36. The molecule has 1 saturated heterocycles. The van der Waals surface area contributed by atoms with E-state index in [1.807, 2.05) is 0 Å². The van der Waals surface area contributed by atoms with Crippen LogP contribution in [0.25, 0.3) is 0 Å². The second kappa shape index (κ2) is 10.8. The van der Waals surface area contributed by atoms with Crippen molar-refractivity contribution in [1.29, 1.82) is 0 Å². The van der Waals surface area contributed by atoms with E-state index in [4.69, 9.17) is 9.94 Å². The largest absolute Gasteiger partial charge is 0.478 e. The van der Waals surface area contributed by atoms with Gasteiger partial charge >= 0.3 is 5.97 Å². The molecular weight excluding hydrogens is 314 g/mol. The lowest BCUT2D eigenvalue weighted by Crippen LogP contribution is -2.26. The fraction of sp³-hybridized carbons (Fsp3) is 0.762. The van der Waals surface area contributed by atoms with Crippen molar-refractivity contribution in [3.05, 3.63) is 24.3 Å². The zero-order chi connectivity index (χ0) is 18.0. The molecule has 25 heavy (non-hydrogen) atoms. The lowest BCUT2D eigenvalue weighted by atomic mass is 9.92. The van der Waals surface area contributed by atoms with Gasteiger partial charge < -0.3 is 5.11 Å². The summed E-state index contributed by atoms with van der Waals surface area (Å²) in [6, 6.07) is 0. The number of allylic oxidation sites excluding steroid dienone is 4. The topological polar surface area (TPSA) is 71.8 Å². The molecule has 1 aliphatic heterocycles. The van der Waals surface area contributed by atoms with Gasteiger partial charge in [0.1, 0.15) is 0 Å². The van der Waals surface area contributed by atoms with Crippen LogP contribution in [0.2, 0.25) is 0 Å². The van der Waals surface area contributed by atoms with Crippen LogP contribution in [0.3, 0.4) is 0 Å². The van der Waals surface area contributed by atoms with Crippen LogP contribution in [0.1, 0.15) is 84.0 Å². The zero-order valence-electron chi connectivity index (χ0n) is 15.7. The van der Waals surface area contributed by atoms with Crippen molar-refractivity contribution >= 4 is 5.97 Å². The first-order chi connectivity index (χ1) is 12.2. The molecule has 2 fully saturated rings. The third kappa shape index (κ3) is 6.95. The van der Waals surface area contributed by atoms with Gasteiger partial charge in [-0.05, 0) is 56.8 Å². The van der Waals surface area contributed by atoms with Crippen LogP contribution in [0.5, 0.6) is 0 Å². The fourth-order valence-corrected chi connectivity index (χ4v) is 3.79. The van der Waals surface area contributed by atoms with E-state index >= 15 is 0 Å². The van der Waals surface area contributed by atoms with Crippen molar-refractivity contribution in [3.63, 3.8) is 0 Å². The Labute approximate surface area is 152 Å². The minimum Gasteiger partial charge on any atom is -0.478 e. The van der Waals surface area contributed by atoms with Crippen LogP contribution in [0.4, 0.5) is 0 Å². The average molecular weight is 350 g/mol. The highest BCUT2D eigenvalue weighted by molar-refractivity contribution is 5.78. The van der Waals surface area contributed by atoms with Crippen molar-refractivity contribution in [2.45, 2.75) is 89.7 Å². The molecule has 0 aromatic carbocycles. The normalized spacial score (nSPS) is 29.0. The molecule has 0 bridgehead atoms. The zero-order valence-corrected chi connectivity index (χ0v) is 15.7. The molecular formula is C21H35NO3. The Morgan fingerprint density at radius 2 is 1.96 bits per heavy atom. The first kappa shape index (κ1) is 20.2. The Kier molecular flexibility index (Phi) is 8.70. The maximum atomic E-state index is 11.0. The highest BCUT2D eigenvalue weighted by Gasteiger charge is 2.52. The van der Waals surface area contributed by atoms with Crippen molar-refractivity contribution in [1.82, 2.24) is 5.48 Å². The first-order valence-electron chi connectivity index (χ1n) is 10.2. The summed E-state index contributed by atoms with van der Waals surface area (Å²) in [5, 5.41) is 9.00. The predicted molar refractivity (Wildman–Crippen MR) is 101 cm³/mol.